The Balaban J connectivity index is 3.79. The number of halogens is 5. The van der Waals surface area contributed by atoms with Crippen LogP contribution in [0.15, 0.2) is 6.20 Å². The average molecular weight is 267 g/mol. The Morgan fingerprint density at radius 3 is 2.33 bits per heavy atom. The van der Waals surface area contributed by atoms with E-state index in [0.29, 0.717) is 6.20 Å². The van der Waals surface area contributed by atoms with E-state index in [1.54, 1.807) is 0 Å². The zero-order valence-electron chi connectivity index (χ0n) is 8.20. The lowest BCUT2D eigenvalue weighted by atomic mass is 10.1. The van der Waals surface area contributed by atoms with Crippen LogP contribution in [0.5, 0.6) is 0 Å². The molecule has 0 aromatic carbocycles. The van der Waals surface area contributed by atoms with Crippen LogP contribution < -0.4 is 0 Å². The van der Waals surface area contributed by atoms with Gasteiger partial charge in [0.1, 0.15) is 17.3 Å². The van der Waals surface area contributed by atoms with E-state index in [0.717, 1.165) is 6.07 Å². The number of hydrogen-bond acceptors (Lipinski definition) is 4. The topological polar surface area (TPSA) is 79.8 Å². The number of nitrogens with zero attached hydrogens (tertiary/aromatic N) is 3. The average Bonchev–Trinajstić information content (AvgIpc) is 2.25. The van der Waals surface area contributed by atoms with Crippen molar-refractivity contribution in [2.45, 2.75) is 12.6 Å². The van der Waals surface area contributed by atoms with Crippen molar-refractivity contribution in [3.8, 4) is 6.07 Å². The second kappa shape index (κ2) is 4.52. The van der Waals surface area contributed by atoms with Crippen LogP contribution >= 0.6 is 0 Å². The van der Waals surface area contributed by atoms with Gasteiger partial charge in [-0.05, 0) is 0 Å². The van der Waals surface area contributed by atoms with Gasteiger partial charge in [0.2, 0.25) is 0 Å². The molecule has 18 heavy (non-hydrogen) atoms. The fourth-order valence-corrected chi connectivity index (χ4v) is 1.23. The van der Waals surface area contributed by atoms with E-state index < -0.39 is 40.0 Å². The summed E-state index contributed by atoms with van der Waals surface area (Å²) in [7, 11) is 0. The van der Waals surface area contributed by atoms with Gasteiger partial charge in [0.15, 0.2) is 5.56 Å². The summed E-state index contributed by atoms with van der Waals surface area (Å²) < 4.78 is 62.4. The summed E-state index contributed by atoms with van der Waals surface area (Å²) in [5.74, 6) is 0. The van der Waals surface area contributed by atoms with Gasteiger partial charge in [-0.15, -0.1) is 0 Å². The molecule has 0 unspecified atom stereocenters. The van der Waals surface area contributed by atoms with Crippen LogP contribution in [-0.4, -0.2) is 9.91 Å². The molecule has 1 aromatic heterocycles. The smallest absolute Gasteiger partial charge is 0.258 e. The van der Waals surface area contributed by atoms with Crippen LogP contribution in [0.3, 0.4) is 0 Å². The van der Waals surface area contributed by atoms with Gasteiger partial charge in [0, 0.05) is 0 Å². The lowest BCUT2D eigenvalue weighted by molar-refractivity contribution is -0.388. The van der Waals surface area contributed by atoms with Crippen LogP contribution in [0.25, 0.3) is 0 Å². The fourth-order valence-electron chi connectivity index (χ4n) is 1.23. The molecule has 0 saturated carbocycles. The van der Waals surface area contributed by atoms with Gasteiger partial charge in [0.05, 0.1) is 11.1 Å². The molecular formula is C8H2F5N3O2. The molecule has 1 rings (SSSR count). The summed E-state index contributed by atoms with van der Waals surface area (Å²) in [6.45, 7) is 0. The van der Waals surface area contributed by atoms with Crippen molar-refractivity contribution in [1.82, 2.24) is 4.98 Å². The zero-order valence-corrected chi connectivity index (χ0v) is 8.20. The number of aromatic nitrogens is 1. The van der Waals surface area contributed by atoms with Gasteiger partial charge in [-0.25, -0.2) is 8.78 Å². The van der Waals surface area contributed by atoms with Crippen molar-refractivity contribution < 1.29 is 26.9 Å². The van der Waals surface area contributed by atoms with E-state index in [-0.39, 0.29) is 0 Å². The lowest BCUT2D eigenvalue weighted by Crippen LogP contribution is -2.15. The molecule has 1 aromatic rings. The molecule has 0 radical (unpaired) electrons. The third-order valence-electron chi connectivity index (χ3n) is 1.87. The number of hydrogen-bond donors (Lipinski definition) is 0. The molecule has 0 saturated heterocycles. The Bertz CT molecular complexity index is 535. The fraction of sp³-hybridized carbons (Fsp3) is 0.250. The molecule has 0 aliphatic heterocycles. The monoisotopic (exact) mass is 267 g/mol. The maximum Gasteiger partial charge on any atom is 0.425 e. The van der Waals surface area contributed by atoms with E-state index in [9.17, 15) is 32.1 Å². The minimum atomic E-state index is -5.41. The first-order chi connectivity index (χ1) is 8.20. The number of pyridine rings is 1. The highest BCUT2D eigenvalue weighted by atomic mass is 19.4. The van der Waals surface area contributed by atoms with Crippen LogP contribution in [0.4, 0.5) is 27.6 Å². The van der Waals surface area contributed by atoms with E-state index >= 15 is 0 Å². The number of rotatable bonds is 2. The van der Waals surface area contributed by atoms with Crippen LogP contribution in [-0.2, 0) is 6.18 Å². The molecule has 0 bridgehead atoms. The van der Waals surface area contributed by atoms with Crippen LogP contribution in [0.2, 0.25) is 0 Å². The molecule has 0 atom stereocenters. The highest BCUT2D eigenvalue weighted by molar-refractivity contribution is 5.56. The third-order valence-corrected chi connectivity index (χ3v) is 1.87. The number of nitro groups is 1. The predicted octanol–water partition coefficient (Wildman–Crippen LogP) is 2.82. The van der Waals surface area contributed by atoms with Crippen molar-refractivity contribution in [1.29, 1.82) is 5.26 Å². The van der Waals surface area contributed by atoms with Gasteiger partial charge >= 0.3 is 11.9 Å². The minimum Gasteiger partial charge on any atom is -0.258 e. The van der Waals surface area contributed by atoms with Gasteiger partial charge in [-0.2, -0.15) is 18.4 Å². The minimum absolute atomic E-state index is 0.314. The van der Waals surface area contributed by atoms with Crippen LogP contribution in [0.1, 0.15) is 23.2 Å². The number of alkyl halides is 5. The van der Waals surface area contributed by atoms with Crippen molar-refractivity contribution >= 4 is 5.69 Å². The Hall–Kier alpha value is -2.31. The molecule has 96 valence electrons. The Morgan fingerprint density at radius 1 is 1.44 bits per heavy atom. The molecule has 0 aliphatic carbocycles. The van der Waals surface area contributed by atoms with Gasteiger partial charge in [-0.3, -0.25) is 15.1 Å². The van der Waals surface area contributed by atoms with E-state index in [2.05, 4.69) is 4.98 Å². The molecule has 0 aliphatic rings. The predicted molar refractivity (Wildman–Crippen MR) is 45.6 cm³/mol. The van der Waals surface area contributed by atoms with Crippen molar-refractivity contribution in [2.75, 3.05) is 0 Å². The van der Waals surface area contributed by atoms with E-state index in [4.69, 9.17) is 5.26 Å². The normalized spacial score (nSPS) is 11.4. The first-order valence-corrected chi connectivity index (χ1v) is 4.12. The maximum atomic E-state index is 12.6. The summed E-state index contributed by atoms with van der Waals surface area (Å²) in [6, 6.07) is 1.11. The lowest BCUT2D eigenvalue weighted by Gasteiger charge is -2.12. The number of nitriles is 1. The van der Waals surface area contributed by atoms with Gasteiger partial charge < -0.3 is 0 Å². The Morgan fingerprint density at radius 2 is 2.00 bits per heavy atom. The molecule has 5 nitrogen and oxygen atoms in total. The van der Waals surface area contributed by atoms with Gasteiger partial charge in [-0.1, -0.05) is 0 Å². The molecule has 0 fully saturated rings. The van der Waals surface area contributed by atoms with Crippen molar-refractivity contribution in [3.63, 3.8) is 0 Å². The Kier molecular flexibility index (Phi) is 3.45. The SMILES string of the molecule is N#Cc1cnc(C(F)F)c(C(F)(F)F)c1[N+](=O)[O-]. The molecule has 0 amide bonds. The van der Waals surface area contributed by atoms with Gasteiger partial charge in [0.25, 0.3) is 6.43 Å². The molecular weight excluding hydrogens is 265 g/mol. The highest BCUT2D eigenvalue weighted by Gasteiger charge is 2.45. The zero-order chi connectivity index (χ0) is 14.1. The second-order valence-electron chi connectivity index (χ2n) is 2.95. The molecule has 1 heterocycles. The van der Waals surface area contributed by atoms with Crippen molar-refractivity contribution in [2.24, 2.45) is 0 Å². The van der Waals surface area contributed by atoms with Crippen molar-refractivity contribution in [3.05, 3.63) is 33.1 Å². The standard InChI is InChI=1S/C8H2F5N3O2/c9-7(10)5-4(8(11,12)13)6(16(17)18)3(1-14)2-15-5/h2,7H. The summed E-state index contributed by atoms with van der Waals surface area (Å²) in [5.41, 5.74) is -6.71. The quantitative estimate of drug-likeness (QED) is 0.468. The van der Waals surface area contributed by atoms with E-state index in [1.165, 1.54) is 0 Å². The summed E-state index contributed by atoms with van der Waals surface area (Å²) >= 11 is 0. The first kappa shape index (κ1) is 13.8. The van der Waals surface area contributed by atoms with Crippen LogP contribution in [0, 0.1) is 21.4 Å². The summed E-state index contributed by atoms with van der Waals surface area (Å²) in [5, 5.41) is 18.9. The van der Waals surface area contributed by atoms with E-state index in [1.807, 2.05) is 0 Å². The molecule has 0 N–H and O–H groups in total. The molecule has 0 spiro atoms. The third kappa shape index (κ3) is 2.34. The molecule has 10 heteroatoms. The first-order valence-electron chi connectivity index (χ1n) is 4.12. The highest BCUT2D eigenvalue weighted by Crippen LogP contribution is 2.42. The second-order valence-corrected chi connectivity index (χ2v) is 2.95. The Labute approximate surface area is 95.6 Å². The summed E-state index contributed by atoms with van der Waals surface area (Å²) in [4.78, 5) is 11.7. The summed E-state index contributed by atoms with van der Waals surface area (Å²) in [6.07, 6.45) is -8.74. The largest absolute Gasteiger partial charge is 0.425 e. The maximum absolute atomic E-state index is 12.6.